The molecular formula is C60H60FeN12O6+3. The average molecular weight is 1100 g/mol. The molecule has 0 N–H and O–H groups in total. The molecule has 79 heavy (non-hydrogen) atoms. The van der Waals surface area contributed by atoms with E-state index >= 15 is 0 Å². The number of nitrogens with zero attached hydrogens (tertiary/aromatic N) is 12. The van der Waals surface area contributed by atoms with Crippen molar-refractivity contribution in [2.24, 2.45) is 30.6 Å². The van der Waals surface area contributed by atoms with Crippen LogP contribution in [0.2, 0.25) is 0 Å². The Hall–Kier alpha value is -9.32. The molecular weight excluding hydrogens is 1040 g/mol. The predicted octanol–water partition coefficient (Wildman–Crippen LogP) is 10.8. The van der Waals surface area contributed by atoms with Crippen LogP contribution in [0.25, 0.3) is 0 Å². The van der Waals surface area contributed by atoms with E-state index < -0.39 is 0 Å². The molecule has 0 unspecified atom stereocenters. The largest absolute Gasteiger partial charge is 3.00 e. The van der Waals surface area contributed by atoms with Crippen LogP contribution in [0.15, 0.2) is 213 Å². The summed E-state index contributed by atoms with van der Waals surface area (Å²) in [5.41, 5.74) is 10.2. The summed E-state index contributed by atoms with van der Waals surface area (Å²) in [6, 6.07) is 56.7. The first-order valence-corrected chi connectivity index (χ1v) is 25.2. The van der Waals surface area contributed by atoms with E-state index in [1.165, 1.54) is 30.1 Å². The normalized spacial score (nSPS) is 16.0. The molecule has 6 aromatic carbocycles. The number of hydrogen-bond donors (Lipinski definition) is 0. The van der Waals surface area contributed by atoms with Crippen LogP contribution in [0.5, 0.6) is 0 Å². The van der Waals surface area contributed by atoms with Gasteiger partial charge in [0, 0.05) is 34.3 Å². The van der Waals surface area contributed by atoms with E-state index in [1.807, 2.05) is 224 Å². The molecule has 0 aromatic heterocycles. The maximum absolute atomic E-state index is 11.4. The third kappa shape index (κ3) is 16.8. The molecule has 19 heteroatoms. The van der Waals surface area contributed by atoms with Crippen LogP contribution in [0, 0.1) is 0 Å². The van der Waals surface area contributed by atoms with E-state index in [2.05, 4.69) is 30.6 Å². The number of carbonyl (C=O) groups is 6. The monoisotopic (exact) mass is 1100 g/mol. The van der Waals surface area contributed by atoms with Gasteiger partial charge in [0.25, 0.3) is 35.4 Å². The number of rotatable bonds is 6. The first kappa shape index (κ1) is 58.9. The molecule has 0 fully saturated rings. The zero-order chi connectivity index (χ0) is 55.6. The van der Waals surface area contributed by atoms with E-state index in [0.29, 0.717) is 38.5 Å². The fraction of sp³-hybridized carbons (Fsp3) is 0.200. The number of amides is 6. The Morgan fingerprint density at radius 3 is 0.430 bits per heavy atom. The number of para-hydroxylation sites is 6. The summed E-state index contributed by atoms with van der Waals surface area (Å²) in [5.74, 6) is 0.271. The summed E-state index contributed by atoms with van der Waals surface area (Å²) < 4.78 is 0. The predicted molar refractivity (Wildman–Crippen MR) is 310 cm³/mol. The molecule has 6 heterocycles. The van der Waals surface area contributed by atoms with Crippen molar-refractivity contribution in [2.45, 2.75) is 80.1 Å². The van der Waals surface area contributed by atoms with Crippen molar-refractivity contribution in [3.05, 3.63) is 182 Å². The second kappa shape index (κ2) is 28.7. The van der Waals surface area contributed by atoms with Crippen LogP contribution < -0.4 is 30.1 Å². The fourth-order valence-corrected chi connectivity index (χ4v) is 7.96. The zero-order valence-corrected chi connectivity index (χ0v) is 45.8. The number of benzene rings is 6. The fourth-order valence-electron chi connectivity index (χ4n) is 7.96. The molecule has 1 radical (unpaired) electrons. The van der Waals surface area contributed by atoms with E-state index in [4.69, 9.17) is 0 Å². The number of hydrazone groups is 6. The summed E-state index contributed by atoms with van der Waals surface area (Å²) in [4.78, 5) is 68.4. The molecule has 0 bridgehead atoms. The van der Waals surface area contributed by atoms with Crippen molar-refractivity contribution in [1.29, 1.82) is 0 Å². The van der Waals surface area contributed by atoms with Gasteiger partial charge in [0.1, 0.15) is 0 Å². The summed E-state index contributed by atoms with van der Waals surface area (Å²) >= 11 is 0. The summed E-state index contributed by atoms with van der Waals surface area (Å²) in [7, 11) is 0. The first-order chi connectivity index (χ1) is 37.6. The van der Waals surface area contributed by atoms with E-state index in [1.54, 1.807) is 0 Å². The molecule has 0 atom stereocenters. The van der Waals surface area contributed by atoms with Gasteiger partial charge in [-0.2, -0.15) is 30.6 Å². The Balaban J connectivity index is 0.000000153. The van der Waals surface area contributed by atoms with Crippen LogP contribution in [-0.4, -0.2) is 69.7 Å². The molecule has 0 saturated heterocycles. The van der Waals surface area contributed by atoms with Gasteiger partial charge in [0.05, 0.1) is 72.6 Å². The van der Waals surface area contributed by atoms with Crippen LogP contribution in [0.4, 0.5) is 34.1 Å². The second-order valence-electron chi connectivity index (χ2n) is 18.3. The van der Waals surface area contributed by atoms with Crippen LogP contribution in [0.1, 0.15) is 80.1 Å². The van der Waals surface area contributed by atoms with Crippen molar-refractivity contribution in [3.63, 3.8) is 0 Å². The second-order valence-corrected chi connectivity index (χ2v) is 18.3. The summed E-state index contributed by atoms with van der Waals surface area (Å²) in [6.45, 7) is 11.2. The summed E-state index contributed by atoms with van der Waals surface area (Å²) in [6.07, 6.45) is 2.64. The van der Waals surface area contributed by atoms with Crippen LogP contribution >= 0.6 is 0 Å². The molecule has 18 nitrogen and oxygen atoms in total. The minimum atomic E-state index is 0. The number of hydrogen-bond acceptors (Lipinski definition) is 12. The van der Waals surface area contributed by atoms with Gasteiger partial charge in [-0.25, -0.2) is 30.1 Å². The smallest absolute Gasteiger partial charge is 0.272 e. The van der Waals surface area contributed by atoms with Gasteiger partial charge >= 0.3 is 17.1 Å². The molecule has 6 aliphatic rings. The molecule has 0 aliphatic carbocycles. The van der Waals surface area contributed by atoms with Crippen molar-refractivity contribution in [2.75, 3.05) is 30.1 Å². The van der Waals surface area contributed by atoms with Crippen LogP contribution in [-0.2, 0) is 45.8 Å². The van der Waals surface area contributed by atoms with Gasteiger partial charge in [-0.15, -0.1) is 0 Å². The van der Waals surface area contributed by atoms with Gasteiger partial charge < -0.3 is 0 Å². The minimum absolute atomic E-state index is 0. The summed E-state index contributed by atoms with van der Waals surface area (Å²) in [5, 5.41) is 33.6. The third-order valence-corrected chi connectivity index (χ3v) is 11.5. The Morgan fingerprint density at radius 2 is 0.342 bits per heavy atom. The first-order valence-electron chi connectivity index (χ1n) is 25.2. The van der Waals surface area contributed by atoms with Crippen molar-refractivity contribution in [3.8, 4) is 0 Å². The molecule has 401 valence electrons. The number of carbonyl (C=O) groups excluding carboxylic acids is 6. The Labute approximate surface area is 470 Å². The van der Waals surface area contributed by atoms with Gasteiger partial charge in [0.15, 0.2) is 0 Å². The average Bonchev–Trinajstić information content (AvgIpc) is 4.32. The van der Waals surface area contributed by atoms with E-state index in [-0.39, 0.29) is 52.5 Å². The minimum Gasteiger partial charge on any atom is -0.272 e. The van der Waals surface area contributed by atoms with Gasteiger partial charge in [-0.1, -0.05) is 109 Å². The quantitative estimate of drug-likeness (QED) is 0.149. The van der Waals surface area contributed by atoms with Crippen molar-refractivity contribution < 1.29 is 45.8 Å². The maximum Gasteiger partial charge on any atom is 3.00 e. The molecule has 0 spiro atoms. The SMILES string of the molecule is CC1=NN(c2ccccc2)C(=O)C1.CC1=NN(c2ccccc2)C(=O)C1.CC1=NN(c2ccccc2)C(=O)C1.CC1=NN(c2ccccc2)C(=O)C1.CC1=NN(c2ccccc2)C(=O)C1.CC1=NN(c2ccccc2)C(=O)C1.[Fe+3]. The zero-order valence-electron chi connectivity index (χ0n) is 44.7. The van der Waals surface area contributed by atoms with Crippen molar-refractivity contribution >= 4 is 104 Å². The maximum atomic E-state index is 11.4. The topological polar surface area (TPSA) is 196 Å². The van der Waals surface area contributed by atoms with Gasteiger partial charge in [-0.05, 0) is 114 Å². The third-order valence-electron chi connectivity index (χ3n) is 11.5. The molecule has 6 amide bonds. The molecule has 6 aliphatic heterocycles. The van der Waals surface area contributed by atoms with Crippen molar-refractivity contribution in [1.82, 2.24) is 0 Å². The molecule has 6 aromatic rings. The standard InChI is InChI=1S/6C10H10N2O.Fe/c6*1-8-7-10(13)12(11-8)9-5-3-2-4-6-9;/h6*2-6H,7H2,1H3;/q;;;;;;+3. The van der Waals surface area contributed by atoms with Gasteiger partial charge in [-0.3, -0.25) is 28.8 Å². The Kier molecular flexibility index (Phi) is 21.4. The van der Waals surface area contributed by atoms with E-state index in [0.717, 1.165) is 68.4 Å². The Morgan fingerprint density at radius 1 is 0.228 bits per heavy atom. The van der Waals surface area contributed by atoms with Gasteiger partial charge in [0.2, 0.25) is 0 Å². The molecule has 0 saturated carbocycles. The van der Waals surface area contributed by atoms with Crippen LogP contribution in [0.3, 0.4) is 0 Å². The Bertz CT molecular complexity index is 2720. The molecule has 12 rings (SSSR count). The van der Waals surface area contributed by atoms with E-state index in [9.17, 15) is 28.8 Å². The number of anilines is 6.